The summed E-state index contributed by atoms with van der Waals surface area (Å²) in [5.41, 5.74) is 0.610. The van der Waals surface area contributed by atoms with Gasteiger partial charge in [-0.2, -0.15) is 9.82 Å². The van der Waals surface area contributed by atoms with Crippen LogP contribution in [0.5, 0.6) is 0 Å². The maximum absolute atomic E-state index is 12.5. The Balaban J connectivity index is 2.20. The van der Waals surface area contributed by atoms with Gasteiger partial charge in [-0.3, -0.25) is 5.10 Å². The lowest BCUT2D eigenvalue weighted by Crippen LogP contribution is -2.30. The minimum absolute atomic E-state index is 0.0912. The number of imidazole rings is 1. The van der Waals surface area contributed by atoms with Crippen LogP contribution in [0.3, 0.4) is 0 Å². The molecule has 0 amide bonds. The van der Waals surface area contributed by atoms with Gasteiger partial charge in [-0.1, -0.05) is 13.8 Å². The van der Waals surface area contributed by atoms with Crippen molar-refractivity contribution in [3.8, 4) is 0 Å². The van der Waals surface area contributed by atoms with Gasteiger partial charge in [-0.15, -0.1) is 0 Å². The molecule has 0 radical (unpaired) electrons. The van der Waals surface area contributed by atoms with Gasteiger partial charge in [0.2, 0.25) is 0 Å². The molecule has 9 heteroatoms. The number of hydrogen-bond acceptors (Lipinski definition) is 5. The number of aromatic nitrogens is 4. The average molecular weight is 312 g/mol. The molecule has 0 saturated carbocycles. The number of nitrogens with one attached hydrogen (secondary N) is 4. The van der Waals surface area contributed by atoms with Crippen LogP contribution in [-0.2, 0) is 16.6 Å². The Morgan fingerprint density at radius 1 is 1.38 bits per heavy atom. The van der Waals surface area contributed by atoms with Crippen LogP contribution < -0.4 is 10.0 Å². The summed E-state index contributed by atoms with van der Waals surface area (Å²) in [5.74, 6) is 0.592. The predicted molar refractivity (Wildman–Crippen MR) is 77.9 cm³/mol. The molecule has 0 fully saturated rings. The van der Waals surface area contributed by atoms with E-state index < -0.39 is 16.1 Å². The lowest BCUT2D eigenvalue weighted by Gasteiger charge is -2.15. The molecule has 4 N–H and O–H groups in total. The molecule has 2 aromatic rings. The molecular weight excluding hydrogens is 292 g/mol. The van der Waals surface area contributed by atoms with Crippen molar-refractivity contribution in [3.05, 3.63) is 30.0 Å². The summed E-state index contributed by atoms with van der Waals surface area (Å²) in [6.45, 7) is 5.04. The molecule has 2 aromatic heterocycles. The number of aromatic amines is 2. The molecule has 8 nitrogen and oxygen atoms in total. The number of rotatable bonds is 8. The fraction of sp³-hybridized carbons (Fsp3) is 0.500. The second-order valence-corrected chi connectivity index (χ2v) is 6.21. The molecule has 0 aromatic carbocycles. The normalized spacial score (nSPS) is 13.4. The second-order valence-electron chi connectivity index (χ2n) is 4.56. The predicted octanol–water partition coefficient (Wildman–Crippen LogP) is 0.672. The van der Waals surface area contributed by atoms with Crippen molar-refractivity contribution in [1.82, 2.24) is 30.2 Å². The van der Waals surface area contributed by atoms with Crippen LogP contribution in [0.2, 0.25) is 0 Å². The quantitative estimate of drug-likeness (QED) is 0.572. The molecule has 116 valence electrons. The highest BCUT2D eigenvalue weighted by atomic mass is 32.2. The van der Waals surface area contributed by atoms with Crippen LogP contribution in [-0.4, -0.2) is 35.1 Å². The van der Waals surface area contributed by atoms with E-state index in [9.17, 15) is 8.42 Å². The molecule has 0 aliphatic heterocycles. The first-order chi connectivity index (χ1) is 10.1. The third-order valence-corrected chi connectivity index (χ3v) is 4.55. The van der Waals surface area contributed by atoms with E-state index in [1.807, 2.05) is 13.8 Å². The van der Waals surface area contributed by atoms with Crippen LogP contribution in [0.15, 0.2) is 23.6 Å². The molecule has 1 atom stereocenters. The zero-order valence-corrected chi connectivity index (χ0v) is 12.9. The van der Waals surface area contributed by atoms with Crippen LogP contribution >= 0.6 is 0 Å². The summed E-state index contributed by atoms with van der Waals surface area (Å²) in [4.78, 5) is 7.03. The van der Waals surface area contributed by atoms with Gasteiger partial charge in [-0.05, 0) is 13.0 Å². The molecule has 0 bridgehead atoms. The maximum Gasteiger partial charge on any atom is 0.258 e. The van der Waals surface area contributed by atoms with Gasteiger partial charge in [0, 0.05) is 24.5 Å². The summed E-state index contributed by atoms with van der Waals surface area (Å²) in [6.07, 6.45) is 5.37. The topological polar surface area (TPSA) is 116 Å². The summed E-state index contributed by atoms with van der Waals surface area (Å²) >= 11 is 0. The van der Waals surface area contributed by atoms with Crippen molar-refractivity contribution >= 4 is 10.0 Å². The van der Waals surface area contributed by atoms with E-state index >= 15 is 0 Å². The molecule has 2 rings (SSSR count). The van der Waals surface area contributed by atoms with Crippen molar-refractivity contribution < 1.29 is 8.42 Å². The summed E-state index contributed by atoms with van der Waals surface area (Å²) in [5, 5.41) is 9.57. The fourth-order valence-electron chi connectivity index (χ4n) is 1.96. The highest BCUT2D eigenvalue weighted by Crippen LogP contribution is 2.18. The Kier molecular flexibility index (Phi) is 5.10. The van der Waals surface area contributed by atoms with Gasteiger partial charge in [0.15, 0.2) is 5.03 Å². The Morgan fingerprint density at radius 2 is 2.19 bits per heavy atom. The monoisotopic (exact) mass is 312 g/mol. The van der Waals surface area contributed by atoms with Gasteiger partial charge in [0.25, 0.3) is 10.0 Å². The highest BCUT2D eigenvalue weighted by Gasteiger charge is 2.25. The van der Waals surface area contributed by atoms with Gasteiger partial charge in [-0.25, -0.2) is 13.4 Å². The Morgan fingerprint density at radius 3 is 2.81 bits per heavy atom. The molecule has 1 unspecified atom stereocenters. The molecule has 0 aliphatic rings. The Hall–Kier alpha value is -1.71. The van der Waals surface area contributed by atoms with Crippen molar-refractivity contribution in [2.45, 2.75) is 37.9 Å². The van der Waals surface area contributed by atoms with E-state index in [2.05, 4.69) is 30.2 Å². The van der Waals surface area contributed by atoms with Gasteiger partial charge >= 0.3 is 0 Å². The summed E-state index contributed by atoms with van der Waals surface area (Å²) in [6, 6.07) is -0.403. The Bertz CT molecular complexity index is 649. The molecule has 21 heavy (non-hydrogen) atoms. The summed E-state index contributed by atoms with van der Waals surface area (Å²) in [7, 11) is -3.68. The van der Waals surface area contributed by atoms with E-state index in [0.717, 1.165) is 6.54 Å². The summed E-state index contributed by atoms with van der Waals surface area (Å²) < 4.78 is 27.6. The van der Waals surface area contributed by atoms with Crippen molar-refractivity contribution in [2.75, 3.05) is 6.54 Å². The standard InChI is InChI=1S/C12H20N6O2S/c1-3-10(11-14-5-6-15-11)18-21(19,20)12-9(7-13-4-2)8-16-17-12/h5-6,8,10,13,18H,3-4,7H2,1-2H3,(H,14,15)(H,16,17). The van der Waals surface area contributed by atoms with Crippen LogP contribution in [0.25, 0.3) is 0 Å². The van der Waals surface area contributed by atoms with E-state index in [4.69, 9.17) is 0 Å². The van der Waals surface area contributed by atoms with Gasteiger partial charge in [0.1, 0.15) is 5.82 Å². The number of nitrogens with zero attached hydrogens (tertiary/aromatic N) is 2. The van der Waals surface area contributed by atoms with Crippen molar-refractivity contribution in [2.24, 2.45) is 0 Å². The van der Waals surface area contributed by atoms with Gasteiger partial charge in [0.05, 0.1) is 12.2 Å². The first kappa shape index (κ1) is 15.7. The number of hydrogen-bond donors (Lipinski definition) is 4. The minimum Gasteiger partial charge on any atom is -0.347 e. The first-order valence-corrected chi connectivity index (χ1v) is 8.31. The number of sulfonamides is 1. The lowest BCUT2D eigenvalue weighted by atomic mass is 10.2. The van der Waals surface area contributed by atoms with Crippen LogP contribution in [0, 0.1) is 0 Å². The van der Waals surface area contributed by atoms with Crippen molar-refractivity contribution in [3.63, 3.8) is 0 Å². The zero-order chi connectivity index (χ0) is 15.3. The third kappa shape index (κ3) is 3.69. The molecule has 0 saturated heterocycles. The first-order valence-electron chi connectivity index (χ1n) is 6.83. The molecule has 0 spiro atoms. The van der Waals surface area contributed by atoms with E-state index in [0.29, 0.717) is 24.4 Å². The molecule has 2 heterocycles. The maximum atomic E-state index is 12.5. The second kappa shape index (κ2) is 6.83. The van der Waals surface area contributed by atoms with E-state index in [1.54, 1.807) is 12.4 Å². The molecule has 0 aliphatic carbocycles. The third-order valence-electron chi connectivity index (χ3n) is 3.07. The largest absolute Gasteiger partial charge is 0.347 e. The lowest BCUT2D eigenvalue weighted by molar-refractivity contribution is 0.534. The van der Waals surface area contributed by atoms with E-state index in [-0.39, 0.29) is 5.03 Å². The number of H-pyrrole nitrogens is 2. The highest BCUT2D eigenvalue weighted by molar-refractivity contribution is 7.89. The molecular formula is C12H20N6O2S. The fourth-order valence-corrected chi connectivity index (χ4v) is 3.38. The van der Waals surface area contributed by atoms with E-state index in [1.165, 1.54) is 6.20 Å². The smallest absolute Gasteiger partial charge is 0.258 e. The van der Waals surface area contributed by atoms with Crippen molar-refractivity contribution in [1.29, 1.82) is 0 Å². The SMILES string of the molecule is CCNCc1cn[nH]c1S(=O)(=O)NC(CC)c1ncc[nH]1. The zero-order valence-electron chi connectivity index (χ0n) is 12.0. The minimum atomic E-state index is -3.68. The van der Waals surface area contributed by atoms with Crippen LogP contribution in [0.1, 0.15) is 37.7 Å². The Labute approximate surface area is 123 Å². The van der Waals surface area contributed by atoms with Gasteiger partial charge < -0.3 is 10.3 Å². The van der Waals surface area contributed by atoms with Crippen LogP contribution in [0.4, 0.5) is 0 Å². The average Bonchev–Trinajstić information content (AvgIpc) is 3.13.